The highest BCUT2D eigenvalue weighted by Crippen LogP contribution is 2.22. The van der Waals surface area contributed by atoms with Crippen LogP contribution in [-0.4, -0.2) is 25.1 Å². The van der Waals surface area contributed by atoms with Gasteiger partial charge in [-0.3, -0.25) is 4.79 Å². The summed E-state index contributed by atoms with van der Waals surface area (Å²) in [4.78, 5) is 25.0. The van der Waals surface area contributed by atoms with Crippen molar-refractivity contribution in [3.63, 3.8) is 0 Å². The maximum atomic E-state index is 12.8. The summed E-state index contributed by atoms with van der Waals surface area (Å²) in [5.74, 6) is -1.26. The molecule has 3 rings (SSSR count). The zero-order valence-electron chi connectivity index (χ0n) is 17.9. The largest absolute Gasteiger partial charge is 0.452 e. The van der Waals surface area contributed by atoms with Crippen LogP contribution in [0.25, 0.3) is 11.6 Å². The Balaban J connectivity index is 1.69. The van der Waals surface area contributed by atoms with Gasteiger partial charge in [-0.2, -0.15) is 14.0 Å². The van der Waals surface area contributed by atoms with Crippen molar-refractivity contribution in [1.82, 2.24) is 0 Å². The summed E-state index contributed by atoms with van der Waals surface area (Å²) in [6.07, 6.45) is 1.80. The number of amides is 1. The molecule has 0 heterocycles. The highest BCUT2D eigenvalue weighted by Gasteiger charge is 2.16. The second-order valence-corrected chi connectivity index (χ2v) is 7.03. The second-order valence-electron chi connectivity index (χ2n) is 7.03. The smallest absolute Gasteiger partial charge is 0.387 e. The molecule has 0 spiro atoms. The first-order valence-electron chi connectivity index (χ1n) is 10.2. The van der Waals surface area contributed by atoms with E-state index in [0.29, 0.717) is 16.8 Å². The van der Waals surface area contributed by atoms with Gasteiger partial charge in [0.25, 0.3) is 5.91 Å². The Kier molecular flexibility index (Phi) is 8.47. The van der Waals surface area contributed by atoms with Crippen LogP contribution < -0.4 is 10.1 Å². The topological polar surface area (TPSA) is 88.4 Å². The van der Waals surface area contributed by atoms with Crippen LogP contribution in [-0.2, 0) is 20.7 Å². The average Bonchev–Trinajstić information content (AvgIpc) is 2.84. The first kappa shape index (κ1) is 24.1. The third-order valence-corrected chi connectivity index (χ3v) is 4.58. The lowest BCUT2D eigenvalue weighted by atomic mass is 10.0. The number of benzene rings is 3. The quantitative estimate of drug-likeness (QED) is 0.272. The highest BCUT2D eigenvalue weighted by atomic mass is 19.3. The molecule has 172 valence electrons. The molecule has 0 aliphatic heterocycles. The number of rotatable bonds is 9. The minimum Gasteiger partial charge on any atom is -0.452 e. The van der Waals surface area contributed by atoms with Crippen LogP contribution in [0.4, 0.5) is 14.5 Å². The minimum atomic E-state index is -2.93. The van der Waals surface area contributed by atoms with Gasteiger partial charge in [-0.15, -0.1) is 0 Å². The second kappa shape index (κ2) is 11.9. The Hall–Kier alpha value is -4.51. The van der Waals surface area contributed by atoms with Crippen molar-refractivity contribution in [2.75, 3.05) is 11.9 Å². The number of nitrogens with one attached hydrogen (secondary N) is 1. The molecule has 0 aliphatic rings. The van der Waals surface area contributed by atoms with Gasteiger partial charge >= 0.3 is 12.6 Å². The van der Waals surface area contributed by atoms with E-state index in [1.54, 1.807) is 54.6 Å². The third-order valence-electron chi connectivity index (χ3n) is 4.58. The van der Waals surface area contributed by atoms with Gasteiger partial charge in [0, 0.05) is 5.69 Å². The Bertz CT molecular complexity index is 1190. The molecule has 3 aromatic carbocycles. The Labute approximate surface area is 195 Å². The Morgan fingerprint density at radius 3 is 2.26 bits per heavy atom. The SMILES string of the molecule is N#CCc1ccc(NC(=O)COC(=O)/C(=C/c2ccc(OC(F)F)cc2)c2ccccc2)cc1. The van der Waals surface area contributed by atoms with E-state index in [1.807, 2.05) is 6.07 Å². The van der Waals surface area contributed by atoms with Crippen LogP contribution in [0.5, 0.6) is 5.75 Å². The average molecular weight is 462 g/mol. The summed E-state index contributed by atoms with van der Waals surface area (Å²) in [7, 11) is 0. The lowest BCUT2D eigenvalue weighted by molar-refractivity contribution is -0.141. The summed E-state index contributed by atoms with van der Waals surface area (Å²) in [5, 5.41) is 11.3. The van der Waals surface area contributed by atoms with Gasteiger partial charge in [-0.25, -0.2) is 4.79 Å². The van der Waals surface area contributed by atoms with Gasteiger partial charge in [0.2, 0.25) is 0 Å². The molecule has 0 radical (unpaired) electrons. The van der Waals surface area contributed by atoms with Crippen molar-refractivity contribution >= 4 is 29.2 Å². The standard InChI is InChI=1S/C26H20F2N2O4/c27-26(28)34-22-12-8-19(9-13-22)16-23(20-4-2-1-3-5-20)25(32)33-17-24(31)30-21-10-6-18(7-11-21)14-15-29/h1-13,16,26H,14,17H2,(H,30,31)/b23-16+. The Morgan fingerprint density at radius 1 is 0.971 bits per heavy atom. The number of esters is 1. The molecular weight excluding hydrogens is 442 g/mol. The third kappa shape index (κ3) is 7.28. The summed E-state index contributed by atoms with van der Waals surface area (Å²) in [5.41, 5.74) is 2.64. The first-order valence-corrected chi connectivity index (χ1v) is 10.2. The van der Waals surface area contributed by atoms with Crippen LogP contribution >= 0.6 is 0 Å². The van der Waals surface area contributed by atoms with Crippen molar-refractivity contribution in [2.45, 2.75) is 13.0 Å². The zero-order chi connectivity index (χ0) is 24.3. The van der Waals surface area contributed by atoms with Crippen LogP contribution in [0.15, 0.2) is 78.9 Å². The zero-order valence-corrected chi connectivity index (χ0v) is 17.9. The van der Waals surface area contributed by atoms with Crippen molar-refractivity contribution < 1.29 is 27.8 Å². The first-order chi connectivity index (χ1) is 16.4. The molecule has 0 aliphatic carbocycles. The number of carbonyl (C=O) groups is 2. The fourth-order valence-corrected chi connectivity index (χ4v) is 2.99. The molecule has 0 unspecified atom stereocenters. The lowest BCUT2D eigenvalue weighted by Crippen LogP contribution is -2.21. The predicted molar refractivity (Wildman–Crippen MR) is 123 cm³/mol. The molecule has 1 N–H and O–H groups in total. The van der Waals surface area contributed by atoms with E-state index in [9.17, 15) is 18.4 Å². The summed E-state index contributed by atoms with van der Waals surface area (Å²) < 4.78 is 34.3. The molecule has 0 bridgehead atoms. The van der Waals surface area contributed by atoms with Crippen LogP contribution in [0, 0.1) is 11.3 Å². The van der Waals surface area contributed by atoms with Gasteiger partial charge < -0.3 is 14.8 Å². The molecule has 0 aromatic heterocycles. The number of carbonyl (C=O) groups excluding carboxylic acids is 2. The van der Waals surface area contributed by atoms with E-state index >= 15 is 0 Å². The van der Waals surface area contributed by atoms with Crippen molar-refractivity contribution in [3.05, 3.63) is 95.6 Å². The van der Waals surface area contributed by atoms with E-state index in [-0.39, 0.29) is 17.7 Å². The fraction of sp³-hybridized carbons (Fsp3) is 0.115. The Morgan fingerprint density at radius 2 is 1.65 bits per heavy atom. The van der Waals surface area contributed by atoms with Gasteiger partial charge in [-0.1, -0.05) is 54.6 Å². The number of hydrogen-bond acceptors (Lipinski definition) is 5. The van der Waals surface area contributed by atoms with Gasteiger partial charge in [0.05, 0.1) is 18.1 Å². The van der Waals surface area contributed by atoms with E-state index in [0.717, 1.165) is 5.56 Å². The molecular formula is C26H20F2N2O4. The number of ether oxygens (including phenoxy) is 2. The number of nitriles is 1. The van der Waals surface area contributed by atoms with E-state index in [2.05, 4.69) is 10.1 Å². The molecule has 6 nitrogen and oxygen atoms in total. The van der Waals surface area contributed by atoms with Crippen molar-refractivity contribution in [2.24, 2.45) is 0 Å². The van der Waals surface area contributed by atoms with E-state index in [4.69, 9.17) is 10.00 Å². The molecule has 1 amide bonds. The number of hydrogen-bond donors (Lipinski definition) is 1. The summed E-state index contributed by atoms with van der Waals surface area (Å²) >= 11 is 0. The van der Waals surface area contributed by atoms with E-state index < -0.39 is 25.1 Å². The molecule has 8 heteroatoms. The number of anilines is 1. The van der Waals surface area contributed by atoms with Gasteiger partial charge in [-0.05, 0) is 47.0 Å². The van der Waals surface area contributed by atoms with E-state index in [1.165, 1.54) is 30.3 Å². The molecule has 0 saturated heterocycles. The molecule has 0 saturated carbocycles. The summed E-state index contributed by atoms with van der Waals surface area (Å²) in [6, 6.07) is 23.3. The number of halogens is 2. The predicted octanol–water partition coefficient (Wildman–Crippen LogP) is 5.08. The number of nitrogens with zero attached hydrogens (tertiary/aromatic N) is 1. The van der Waals surface area contributed by atoms with Gasteiger partial charge in [0.15, 0.2) is 6.61 Å². The molecule has 0 fully saturated rings. The maximum absolute atomic E-state index is 12.8. The molecule has 0 atom stereocenters. The van der Waals surface area contributed by atoms with Crippen LogP contribution in [0.1, 0.15) is 16.7 Å². The van der Waals surface area contributed by atoms with Crippen LogP contribution in [0.2, 0.25) is 0 Å². The normalized spacial score (nSPS) is 10.9. The highest BCUT2D eigenvalue weighted by molar-refractivity contribution is 6.22. The van der Waals surface area contributed by atoms with Crippen LogP contribution in [0.3, 0.4) is 0 Å². The fourth-order valence-electron chi connectivity index (χ4n) is 2.99. The minimum absolute atomic E-state index is 0.00619. The lowest BCUT2D eigenvalue weighted by Gasteiger charge is -2.10. The molecule has 34 heavy (non-hydrogen) atoms. The van der Waals surface area contributed by atoms with Gasteiger partial charge in [0.1, 0.15) is 5.75 Å². The summed E-state index contributed by atoms with van der Waals surface area (Å²) in [6.45, 7) is -3.44. The number of alkyl halides is 2. The monoisotopic (exact) mass is 462 g/mol. The van der Waals surface area contributed by atoms with Crippen molar-refractivity contribution in [3.8, 4) is 11.8 Å². The molecule has 3 aromatic rings. The maximum Gasteiger partial charge on any atom is 0.387 e. The van der Waals surface area contributed by atoms with Crippen molar-refractivity contribution in [1.29, 1.82) is 5.26 Å².